The van der Waals surface area contributed by atoms with Gasteiger partial charge in [-0.2, -0.15) is 0 Å². The van der Waals surface area contributed by atoms with E-state index in [1.807, 2.05) is 7.05 Å². The molecule has 31 heavy (non-hydrogen) atoms. The highest BCUT2D eigenvalue weighted by atomic mass is 16.4. The topological polar surface area (TPSA) is 188 Å². The summed E-state index contributed by atoms with van der Waals surface area (Å²) in [6.07, 6.45) is 0.595. The van der Waals surface area contributed by atoms with Gasteiger partial charge in [-0.15, -0.1) is 0 Å². The first-order chi connectivity index (χ1) is 14.4. The number of nitrogens with one attached hydrogen (secondary N) is 1. The van der Waals surface area contributed by atoms with Gasteiger partial charge in [-0.1, -0.05) is 13.8 Å². The molecule has 0 aromatic heterocycles. The van der Waals surface area contributed by atoms with Gasteiger partial charge in [-0.25, -0.2) is 0 Å². The number of carboxylic acids is 4. The molecule has 180 valence electrons. The number of carbonyl (C=O) groups is 5. The van der Waals surface area contributed by atoms with Crippen LogP contribution in [-0.4, -0.2) is 137 Å². The average molecular weight is 450 g/mol. The lowest BCUT2D eigenvalue weighted by Crippen LogP contribution is -2.44. The number of hydrogen-bond acceptors (Lipinski definition) is 9. The number of aldehydes is 1. The van der Waals surface area contributed by atoms with E-state index in [0.29, 0.717) is 12.3 Å². The smallest absolute Gasteiger partial charge is 0.317 e. The third-order valence-corrected chi connectivity index (χ3v) is 3.81. The fraction of sp³-hybridized carbons (Fsp3) is 0.722. The van der Waals surface area contributed by atoms with Crippen molar-refractivity contribution in [2.45, 2.75) is 19.9 Å². The molecule has 0 saturated heterocycles. The normalized spacial score (nSPS) is 10.8. The largest absolute Gasteiger partial charge is 0.480 e. The molecule has 5 N–H and O–H groups in total. The van der Waals surface area contributed by atoms with Gasteiger partial charge in [0.2, 0.25) is 0 Å². The van der Waals surface area contributed by atoms with Crippen molar-refractivity contribution in [1.29, 1.82) is 0 Å². The molecule has 0 aromatic rings. The second kappa shape index (κ2) is 18.2. The highest BCUT2D eigenvalue weighted by Gasteiger charge is 2.17. The van der Waals surface area contributed by atoms with Crippen LogP contribution in [0.1, 0.15) is 13.8 Å². The quantitative estimate of drug-likeness (QED) is 0.154. The molecule has 0 bridgehead atoms. The summed E-state index contributed by atoms with van der Waals surface area (Å²) in [5, 5.41) is 38.2. The summed E-state index contributed by atoms with van der Waals surface area (Å²) in [5.41, 5.74) is 0. The monoisotopic (exact) mass is 450 g/mol. The van der Waals surface area contributed by atoms with E-state index in [1.165, 1.54) is 9.80 Å². The van der Waals surface area contributed by atoms with Crippen molar-refractivity contribution >= 4 is 30.2 Å². The third-order valence-electron chi connectivity index (χ3n) is 3.81. The average Bonchev–Trinajstić information content (AvgIpc) is 2.62. The van der Waals surface area contributed by atoms with E-state index in [9.17, 15) is 24.0 Å². The summed E-state index contributed by atoms with van der Waals surface area (Å²) < 4.78 is 0. The number of rotatable bonds is 17. The molecule has 0 amide bonds. The van der Waals surface area contributed by atoms with Crippen LogP contribution in [-0.2, 0) is 24.0 Å². The van der Waals surface area contributed by atoms with E-state index in [-0.39, 0.29) is 32.7 Å². The maximum atomic E-state index is 10.8. The van der Waals surface area contributed by atoms with Crippen LogP contribution in [0, 0.1) is 0 Å². The Morgan fingerprint density at radius 1 is 0.710 bits per heavy atom. The van der Waals surface area contributed by atoms with Crippen molar-refractivity contribution in [2.75, 3.05) is 66.0 Å². The van der Waals surface area contributed by atoms with Crippen molar-refractivity contribution < 1.29 is 44.4 Å². The number of carbonyl (C=O) groups excluding carboxylic acids is 1. The van der Waals surface area contributed by atoms with E-state index in [2.05, 4.69) is 19.2 Å². The second-order valence-corrected chi connectivity index (χ2v) is 6.91. The molecule has 0 rings (SSSR count). The summed E-state index contributed by atoms with van der Waals surface area (Å²) in [5.74, 6) is -4.77. The first-order valence-electron chi connectivity index (χ1n) is 9.56. The molecule has 0 aliphatic rings. The van der Waals surface area contributed by atoms with Crippen LogP contribution in [0.3, 0.4) is 0 Å². The molecule has 0 fully saturated rings. The molecule has 0 aromatic carbocycles. The summed E-state index contributed by atoms with van der Waals surface area (Å²) in [7, 11) is 1.95. The van der Waals surface area contributed by atoms with Gasteiger partial charge in [0.05, 0.1) is 32.7 Å². The van der Waals surface area contributed by atoms with Gasteiger partial charge in [0.15, 0.2) is 0 Å². The minimum atomic E-state index is -1.19. The maximum Gasteiger partial charge on any atom is 0.317 e. The lowest BCUT2D eigenvalue weighted by Gasteiger charge is -2.26. The molecular formula is C18H34N4O9. The number of hydrogen-bond donors (Lipinski definition) is 5. The number of aliphatic carboxylic acids is 4. The van der Waals surface area contributed by atoms with Crippen molar-refractivity contribution in [3.63, 3.8) is 0 Å². The molecule has 0 heterocycles. The van der Waals surface area contributed by atoms with Gasteiger partial charge in [-0.05, 0) is 7.05 Å². The Morgan fingerprint density at radius 3 is 1.16 bits per heavy atom. The van der Waals surface area contributed by atoms with Crippen LogP contribution >= 0.6 is 0 Å². The van der Waals surface area contributed by atoms with E-state index >= 15 is 0 Å². The zero-order valence-corrected chi connectivity index (χ0v) is 18.2. The fourth-order valence-corrected chi connectivity index (χ4v) is 2.16. The first-order valence-corrected chi connectivity index (χ1v) is 9.56. The zero-order chi connectivity index (χ0) is 24.4. The minimum absolute atomic E-state index is 0.0397. The molecule has 0 atom stereocenters. The van der Waals surface area contributed by atoms with Gasteiger partial charge in [-0.3, -0.25) is 33.9 Å². The van der Waals surface area contributed by atoms with Crippen molar-refractivity contribution in [3.8, 4) is 0 Å². The highest BCUT2D eigenvalue weighted by molar-refractivity contribution is 5.73. The van der Waals surface area contributed by atoms with Crippen LogP contribution in [0.15, 0.2) is 0 Å². The summed E-state index contributed by atoms with van der Waals surface area (Å²) in [4.78, 5) is 57.7. The van der Waals surface area contributed by atoms with Gasteiger partial charge >= 0.3 is 23.9 Å². The van der Waals surface area contributed by atoms with Crippen LogP contribution in [0.4, 0.5) is 0 Å². The Hall–Kier alpha value is -2.61. The van der Waals surface area contributed by atoms with Crippen molar-refractivity contribution in [1.82, 2.24) is 20.0 Å². The maximum absolute atomic E-state index is 10.8. The molecule has 0 aliphatic heterocycles. The Kier molecular flexibility index (Phi) is 17.9. The molecule has 13 nitrogen and oxygen atoms in total. The van der Waals surface area contributed by atoms with Crippen molar-refractivity contribution in [2.24, 2.45) is 0 Å². The predicted molar refractivity (Wildman–Crippen MR) is 110 cm³/mol. The van der Waals surface area contributed by atoms with E-state index < -0.39 is 50.1 Å². The fourth-order valence-electron chi connectivity index (χ4n) is 2.16. The Labute approximate surface area is 181 Å². The number of nitrogens with zero attached hydrogens (tertiary/aromatic N) is 3. The standard InChI is InChI=1S/C14H23N3O9.C4H11N/c18-6-5-15(1-3-16(7-11(19)20)8-12(21)22)2-4-17(9-13(23)24)10-14(25)26;1-4(2)5-3/h6H,1-5,7-10H2,(H,19,20)(H,21,22)(H,23,24)(H,25,26);4-5H,1-3H3. The molecule has 0 unspecified atom stereocenters. The van der Waals surface area contributed by atoms with Crippen molar-refractivity contribution in [3.05, 3.63) is 0 Å². The molecule has 13 heteroatoms. The minimum Gasteiger partial charge on any atom is -0.480 e. The Bertz CT molecular complexity index is 500. The Balaban J connectivity index is 0. The van der Waals surface area contributed by atoms with Crippen LogP contribution in [0.25, 0.3) is 0 Å². The molecular weight excluding hydrogens is 416 g/mol. The molecule has 0 spiro atoms. The lowest BCUT2D eigenvalue weighted by molar-refractivity contribution is -0.143. The lowest BCUT2D eigenvalue weighted by atomic mass is 10.3. The Morgan fingerprint density at radius 2 is 0.968 bits per heavy atom. The third kappa shape index (κ3) is 21.9. The first kappa shape index (κ1) is 30.6. The van der Waals surface area contributed by atoms with Crippen LogP contribution in [0.2, 0.25) is 0 Å². The molecule has 0 saturated carbocycles. The predicted octanol–water partition coefficient (Wildman–Crippen LogP) is -1.96. The van der Waals surface area contributed by atoms with Gasteiger partial charge in [0.1, 0.15) is 6.29 Å². The SMILES string of the molecule is CNC(C)C.O=CCN(CCN(CC(=O)O)CC(=O)O)CCN(CC(=O)O)CC(=O)O. The molecule has 0 aliphatic carbocycles. The van der Waals surface area contributed by atoms with Crippen LogP contribution < -0.4 is 5.32 Å². The van der Waals surface area contributed by atoms with Gasteiger partial charge in [0.25, 0.3) is 0 Å². The van der Waals surface area contributed by atoms with E-state index in [4.69, 9.17) is 20.4 Å². The zero-order valence-electron chi connectivity index (χ0n) is 18.2. The second-order valence-electron chi connectivity index (χ2n) is 6.91. The highest BCUT2D eigenvalue weighted by Crippen LogP contribution is 1.96. The summed E-state index contributed by atoms with van der Waals surface area (Å²) in [6, 6.07) is 0.634. The number of carboxylic acid groups (broad SMARTS) is 4. The van der Waals surface area contributed by atoms with E-state index in [0.717, 1.165) is 0 Å². The van der Waals surface area contributed by atoms with Gasteiger partial charge in [0, 0.05) is 32.2 Å². The molecule has 0 radical (unpaired) electrons. The van der Waals surface area contributed by atoms with Gasteiger partial charge < -0.3 is 30.5 Å². The van der Waals surface area contributed by atoms with E-state index in [1.54, 1.807) is 4.90 Å². The van der Waals surface area contributed by atoms with Crippen LogP contribution in [0.5, 0.6) is 0 Å². The summed E-state index contributed by atoms with van der Waals surface area (Å²) >= 11 is 0. The summed E-state index contributed by atoms with van der Waals surface area (Å²) in [6.45, 7) is 2.70.